The fourth-order valence-electron chi connectivity index (χ4n) is 5.24. The number of halogens is 2. The third kappa shape index (κ3) is 7.60. The minimum Gasteiger partial charge on any atom is -0.469 e. The number of methoxy groups -OCH3 is 1. The summed E-state index contributed by atoms with van der Waals surface area (Å²) < 4.78 is 11.0. The average Bonchev–Trinajstić information content (AvgIpc) is 2.94. The molecule has 0 bridgehead atoms. The summed E-state index contributed by atoms with van der Waals surface area (Å²) in [6, 6.07) is 9.76. The molecule has 2 aliphatic rings. The molecule has 0 spiro atoms. The van der Waals surface area contributed by atoms with Crippen molar-refractivity contribution in [1.29, 1.82) is 0 Å². The zero-order valence-corrected chi connectivity index (χ0v) is 24.3. The van der Waals surface area contributed by atoms with E-state index in [1.54, 1.807) is 18.5 Å². The first kappa shape index (κ1) is 28.5. The molecule has 2 aromatic heterocycles. The van der Waals surface area contributed by atoms with Crippen LogP contribution >= 0.6 is 23.2 Å². The number of piperazine rings is 1. The number of piperidine rings is 1. The smallest absolute Gasteiger partial charge is 0.305 e. The van der Waals surface area contributed by atoms with Gasteiger partial charge < -0.3 is 19.7 Å². The zero-order chi connectivity index (χ0) is 28.1. The Morgan fingerprint density at radius 1 is 1.05 bits per heavy atom. The first-order chi connectivity index (χ1) is 19.3. The first-order valence-corrected chi connectivity index (χ1v) is 14.3. The zero-order valence-electron chi connectivity index (χ0n) is 22.8. The molecule has 0 amide bonds. The second-order valence-electron chi connectivity index (χ2n) is 10.5. The predicted molar refractivity (Wildman–Crippen MR) is 156 cm³/mol. The normalized spacial score (nSPS) is 18.5. The molecule has 9 nitrogen and oxygen atoms in total. The highest BCUT2D eigenvalue weighted by molar-refractivity contribution is 6.35. The minimum absolute atomic E-state index is 0.140. The molecule has 4 heterocycles. The number of hydrogen-bond donors (Lipinski definition) is 1. The van der Waals surface area contributed by atoms with Gasteiger partial charge in [0.1, 0.15) is 0 Å². The largest absolute Gasteiger partial charge is 0.469 e. The number of likely N-dealkylation sites (tertiary alicyclic amines) is 1. The number of carbonyl (C=O) groups excluding carboxylic acids is 1. The van der Waals surface area contributed by atoms with Crippen molar-refractivity contribution < 1.29 is 14.3 Å². The van der Waals surface area contributed by atoms with Crippen molar-refractivity contribution in [3.05, 3.63) is 58.3 Å². The Hall–Kier alpha value is -2.98. The fourth-order valence-corrected chi connectivity index (χ4v) is 5.76. The molecule has 3 aromatic rings. The van der Waals surface area contributed by atoms with Crippen LogP contribution in [0.4, 0.5) is 5.95 Å². The van der Waals surface area contributed by atoms with Crippen LogP contribution in [0.2, 0.25) is 10.0 Å². The van der Waals surface area contributed by atoms with Crippen molar-refractivity contribution in [2.24, 2.45) is 5.92 Å². The molecule has 0 aliphatic carbocycles. The average molecular weight is 586 g/mol. The van der Waals surface area contributed by atoms with Crippen LogP contribution in [0, 0.1) is 5.92 Å². The molecule has 2 aliphatic heterocycles. The molecule has 2 saturated heterocycles. The molecule has 1 aromatic carbocycles. The van der Waals surface area contributed by atoms with E-state index in [0.29, 0.717) is 51.7 Å². The van der Waals surface area contributed by atoms with Gasteiger partial charge in [-0.15, -0.1) is 0 Å². The van der Waals surface area contributed by atoms with Gasteiger partial charge in [-0.2, -0.15) is 0 Å². The van der Waals surface area contributed by atoms with Crippen LogP contribution < -0.4 is 15.0 Å². The molecule has 1 atom stereocenters. The molecule has 0 saturated carbocycles. The maximum absolute atomic E-state index is 11.7. The summed E-state index contributed by atoms with van der Waals surface area (Å²) in [5, 5.41) is 4.51. The molecule has 212 valence electrons. The third-order valence-electron chi connectivity index (χ3n) is 7.30. The predicted octanol–water partition coefficient (Wildman–Crippen LogP) is 5.21. The maximum atomic E-state index is 11.7. The first-order valence-electron chi connectivity index (χ1n) is 13.6. The number of hydrogen-bond acceptors (Lipinski definition) is 9. The van der Waals surface area contributed by atoms with E-state index < -0.39 is 0 Å². The molecular formula is C29H34Cl2N6O3. The van der Waals surface area contributed by atoms with E-state index in [1.165, 1.54) is 7.11 Å². The van der Waals surface area contributed by atoms with Crippen LogP contribution in [0.15, 0.2) is 42.7 Å². The van der Waals surface area contributed by atoms with Crippen LogP contribution in [0.5, 0.6) is 11.6 Å². The number of aromatic nitrogens is 3. The summed E-state index contributed by atoms with van der Waals surface area (Å²) in [6.45, 7) is 7.30. The number of carbonyl (C=O) groups is 1. The van der Waals surface area contributed by atoms with Crippen molar-refractivity contribution in [3.8, 4) is 22.9 Å². The Balaban J connectivity index is 1.34. The number of nitrogens with zero attached hydrogens (tertiary/aromatic N) is 5. The Kier molecular flexibility index (Phi) is 9.36. The molecule has 1 unspecified atom stereocenters. The van der Waals surface area contributed by atoms with Gasteiger partial charge in [0.25, 0.3) is 0 Å². The van der Waals surface area contributed by atoms with Gasteiger partial charge in [-0.1, -0.05) is 23.2 Å². The van der Waals surface area contributed by atoms with E-state index in [2.05, 4.69) is 32.0 Å². The number of benzene rings is 1. The van der Waals surface area contributed by atoms with E-state index in [1.807, 2.05) is 24.3 Å². The molecule has 0 radical (unpaired) electrons. The quantitative estimate of drug-likeness (QED) is 0.358. The van der Waals surface area contributed by atoms with Crippen LogP contribution in [0.3, 0.4) is 0 Å². The van der Waals surface area contributed by atoms with Crippen LogP contribution in [-0.4, -0.2) is 71.7 Å². The number of ether oxygens (including phenoxy) is 2. The van der Waals surface area contributed by atoms with Gasteiger partial charge >= 0.3 is 5.97 Å². The highest BCUT2D eigenvalue weighted by atomic mass is 35.5. The van der Waals surface area contributed by atoms with Crippen molar-refractivity contribution in [2.75, 3.05) is 44.7 Å². The fraction of sp³-hybridized carbons (Fsp3) is 0.448. The van der Waals surface area contributed by atoms with E-state index in [-0.39, 0.29) is 5.97 Å². The summed E-state index contributed by atoms with van der Waals surface area (Å²) in [5.41, 5.74) is 2.57. The summed E-state index contributed by atoms with van der Waals surface area (Å²) in [5.74, 6) is 1.86. The Morgan fingerprint density at radius 2 is 1.77 bits per heavy atom. The van der Waals surface area contributed by atoms with Crippen LogP contribution in [0.25, 0.3) is 11.3 Å². The Morgan fingerprint density at radius 3 is 2.45 bits per heavy atom. The molecule has 2 fully saturated rings. The van der Waals surface area contributed by atoms with Gasteiger partial charge in [0, 0.05) is 60.3 Å². The van der Waals surface area contributed by atoms with Crippen LogP contribution in [0.1, 0.15) is 31.7 Å². The van der Waals surface area contributed by atoms with Crippen LogP contribution in [-0.2, 0) is 16.1 Å². The van der Waals surface area contributed by atoms with Crippen molar-refractivity contribution in [3.63, 3.8) is 0 Å². The minimum atomic E-state index is -0.140. The second kappa shape index (κ2) is 13.1. The highest BCUT2D eigenvalue weighted by Gasteiger charge is 2.23. The lowest BCUT2D eigenvalue weighted by Crippen LogP contribution is -2.49. The molecule has 5 rings (SSSR count). The van der Waals surface area contributed by atoms with Crippen molar-refractivity contribution >= 4 is 35.1 Å². The van der Waals surface area contributed by atoms with Gasteiger partial charge in [-0.25, -0.2) is 15.0 Å². The molecule has 40 heavy (non-hydrogen) atoms. The maximum Gasteiger partial charge on any atom is 0.305 e. The van der Waals surface area contributed by atoms with Gasteiger partial charge in [0.2, 0.25) is 11.8 Å². The SMILES string of the molecule is COC(=O)CC1CCN(Cc2cc(Oc3cnc(N4CCNC(C)C4)nc3)nc(-c3cc(Cl)cc(Cl)c3)c2)CC1. The van der Waals surface area contributed by atoms with E-state index in [4.69, 9.17) is 37.7 Å². The van der Waals surface area contributed by atoms with Gasteiger partial charge in [0.15, 0.2) is 5.75 Å². The van der Waals surface area contributed by atoms with Gasteiger partial charge in [-0.3, -0.25) is 9.69 Å². The summed E-state index contributed by atoms with van der Waals surface area (Å²) in [4.78, 5) is 30.1. The summed E-state index contributed by atoms with van der Waals surface area (Å²) in [6.07, 6.45) is 5.76. The lowest BCUT2D eigenvalue weighted by Gasteiger charge is -2.31. The third-order valence-corrected chi connectivity index (χ3v) is 7.74. The van der Waals surface area contributed by atoms with E-state index in [0.717, 1.165) is 63.2 Å². The van der Waals surface area contributed by atoms with Gasteiger partial charge in [-0.05, 0) is 68.6 Å². The lowest BCUT2D eigenvalue weighted by atomic mass is 9.93. The number of nitrogens with one attached hydrogen (secondary N) is 1. The topological polar surface area (TPSA) is 92.7 Å². The molecule has 1 N–H and O–H groups in total. The number of rotatable bonds is 8. The molecule has 11 heteroatoms. The second-order valence-corrected chi connectivity index (χ2v) is 11.4. The standard InChI is InChI=1S/C29H34Cl2N6O3/c1-19-17-37(8-5-32-19)29-33-15-25(16-34-29)40-27-10-21(9-26(35-27)22-12-23(30)14-24(31)13-22)18-36-6-3-20(4-7-36)11-28(38)39-2/h9-10,12-16,19-20,32H,3-8,11,17-18H2,1-2H3. The number of esters is 1. The van der Waals surface area contributed by atoms with Gasteiger partial charge in [0.05, 0.1) is 25.2 Å². The number of pyridine rings is 1. The monoisotopic (exact) mass is 584 g/mol. The van der Waals surface area contributed by atoms with E-state index in [9.17, 15) is 4.79 Å². The van der Waals surface area contributed by atoms with Crippen molar-refractivity contribution in [1.82, 2.24) is 25.2 Å². The summed E-state index contributed by atoms with van der Waals surface area (Å²) in [7, 11) is 1.44. The highest BCUT2D eigenvalue weighted by Crippen LogP contribution is 2.31. The lowest BCUT2D eigenvalue weighted by molar-refractivity contribution is -0.142. The number of anilines is 1. The van der Waals surface area contributed by atoms with E-state index >= 15 is 0 Å². The Bertz CT molecular complexity index is 1300. The summed E-state index contributed by atoms with van der Waals surface area (Å²) >= 11 is 12.6. The Labute approximate surface area is 244 Å². The molecular weight excluding hydrogens is 551 g/mol. The van der Waals surface area contributed by atoms with Crippen molar-refractivity contribution in [2.45, 2.75) is 38.8 Å².